The lowest BCUT2D eigenvalue weighted by Gasteiger charge is -2.42. The van der Waals surface area contributed by atoms with Gasteiger partial charge in [0.05, 0.1) is 0 Å². The molecule has 1 aliphatic rings. The molecule has 3 rings (SSSR count). The Morgan fingerprint density at radius 2 is 1.92 bits per heavy atom. The molecule has 24 heavy (non-hydrogen) atoms. The number of hydrogen-bond acceptors (Lipinski definition) is 2. The van der Waals surface area contributed by atoms with E-state index in [1.165, 1.54) is 18.3 Å². The Kier molecular flexibility index (Phi) is 3.89. The molecule has 0 aliphatic carbocycles. The van der Waals surface area contributed by atoms with Gasteiger partial charge in [-0.2, -0.15) is 13.2 Å². The summed E-state index contributed by atoms with van der Waals surface area (Å²) < 4.78 is 56.6. The molecule has 2 N–H and O–H groups in total. The highest BCUT2D eigenvalue weighted by atomic mass is 19.4. The summed E-state index contributed by atoms with van der Waals surface area (Å²) in [6.07, 6.45) is -2.88. The van der Waals surface area contributed by atoms with Crippen LogP contribution < -0.4 is 10.9 Å². The number of fused-ring (bicyclic) bond motifs is 2. The van der Waals surface area contributed by atoms with Crippen LogP contribution in [0.2, 0.25) is 0 Å². The Bertz CT molecular complexity index is 828. The number of H-pyrrole nitrogens is 1. The molecule has 1 aromatic carbocycles. The van der Waals surface area contributed by atoms with E-state index < -0.39 is 23.0 Å². The Hall–Kier alpha value is -2.31. The van der Waals surface area contributed by atoms with Gasteiger partial charge in [0.25, 0.3) is 5.56 Å². The van der Waals surface area contributed by atoms with Crippen LogP contribution in [0.4, 0.5) is 28.9 Å². The van der Waals surface area contributed by atoms with Crippen LogP contribution in [0.1, 0.15) is 37.3 Å². The first-order chi connectivity index (χ1) is 11.3. The molecule has 1 aliphatic heterocycles. The molecular weight excluding hydrogens is 324 g/mol. The Morgan fingerprint density at radius 1 is 1.17 bits per heavy atom. The second-order valence-corrected chi connectivity index (χ2v) is 5.92. The molecule has 1 aromatic heterocycles. The molecule has 0 amide bonds. The lowest BCUT2D eigenvalue weighted by atomic mass is 9.67. The van der Waals surface area contributed by atoms with Gasteiger partial charge in [-0.1, -0.05) is 19.8 Å². The summed E-state index contributed by atoms with van der Waals surface area (Å²) in [6.45, 7) is 1.79. The quantitative estimate of drug-likeness (QED) is 0.802. The number of nitrogens with one attached hydrogen (secondary N) is 2. The van der Waals surface area contributed by atoms with Crippen LogP contribution in [0.25, 0.3) is 0 Å². The number of benzene rings is 1. The van der Waals surface area contributed by atoms with Crippen molar-refractivity contribution < 1.29 is 17.6 Å². The number of halogens is 4. The summed E-state index contributed by atoms with van der Waals surface area (Å²) in [5.74, 6) is -0.742. The number of rotatable bonds is 3. The Labute approximate surface area is 135 Å². The average Bonchev–Trinajstić information content (AvgIpc) is 2.51. The highest BCUT2D eigenvalue weighted by Crippen LogP contribution is 2.55. The first-order valence-electron chi connectivity index (χ1n) is 7.67. The van der Waals surface area contributed by atoms with Crippen LogP contribution in [0.3, 0.4) is 0 Å². The van der Waals surface area contributed by atoms with Crippen molar-refractivity contribution in [3.8, 4) is 0 Å². The van der Waals surface area contributed by atoms with Gasteiger partial charge >= 0.3 is 6.18 Å². The van der Waals surface area contributed by atoms with Crippen LogP contribution in [0, 0.1) is 5.82 Å². The van der Waals surface area contributed by atoms with Crippen molar-refractivity contribution in [3.63, 3.8) is 0 Å². The summed E-state index contributed by atoms with van der Waals surface area (Å²) in [5.41, 5.74) is -3.41. The third-order valence-electron chi connectivity index (χ3n) is 4.51. The van der Waals surface area contributed by atoms with Crippen molar-refractivity contribution in [2.75, 3.05) is 5.32 Å². The van der Waals surface area contributed by atoms with E-state index in [0.29, 0.717) is 12.8 Å². The molecule has 0 saturated heterocycles. The standard InChI is InChI=1S/C17H16F4N2O/c1-2-3-7-16(17(19,20)21)11-6-8-22-15(24)14(11)23-13-5-4-10(18)9-12(13)16/h4-6,8-9,23H,2-3,7H2,1H3,(H,22,24). The molecule has 2 aromatic rings. The van der Waals surface area contributed by atoms with Crippen molar-refractivity contribution in [1.82, 2.24) is 4.98 Å². The van der Waals surface area contributed by atoms with Gasteiger partial charge in [0, 0.05) is 17.4 Å². The van der Waals surface area contributed by atoms with E-state index in [1.54, 1.807) is 6.92 Å². The number of unbranched alkanes of at least 4 members (excludes halogenated alkanes) is 1. The SMILES string of the molecule is CCCCC1(C(F)(F)F)c2cc(F)ccc2Nc2c1cc[nH]c2=O. The normalized spacial score (nSPS) is 19.4. The molecule has 0 bridgehead atoms. The second kappa shape index (κ2) is 5.65. The fourth-order valence-corrected chi connectivity index (χ4v) is 3.37. The number of pyridine rings is 1. The smallest absolute Gasteiger partial charge is 0.351 e. The van der Waals surface area contributed by atoms with Gasteiger partial charge in [0.2, 0.25) is 0 Å². The lowest BCUT2D eigenvalue weighted by molar-refractivity contribution is -0.180. The van der Waals surface area contributed by atoms with Gasteiger partial charge in [0.15, 0.2) is 0 Å². The van der Waals surface area contributed by atoms with Crippen LogP contribution in [-0.2, 0) is 5.41 Å². The molecule has 0 saturated carbocycles. The van der Waals surface area contributed by atoms with Gasteiger partial charge in [0.1, 0.15) is 16.9 Å². The summed E-state index contributed by atoms with van der Waals surface area (Å²) in [5, 5.41) is 2.73. The van der Waals surface area contributed by atoms with E-state index in [0.717, 1.165) is 12.1 Å². The maximum Gasteiger partial charge on any atom is 0.402 e. The number of aromatic amines is 1. The molecule has 3 nitrogen and oxygen atoms in total. The minimum atomic E-state index is -4.67. The molecule has 2 heterocycles. The second-order valence-electron chi connectivity index (χ2n) is 5.92. The van der Waals surface area contributed by atoms with Gasteiger partial charge < -0.3 is 10.3 Å². The Balaban J connectivity index is 2.40. The summed E-state index contributed by atoms with van der Waals surface area (Å²) in [4.78, 5) is 14.5. The number of alkyl halides is 3. The third-order valence-corrected chi connectivity index (χ3v) is 4.51. The molecule has 7 heteroatoms. The Morgan fingerprint density at radius 3 is 2.58 bits per heavy atom. The van der Waals surface area contributed by atoms with E-state index in [1.807, 2.05) is 0 Å². The first kappa shape index (κ1) is 16.5. The molecule has 1 atom stereocenters. The van der Waals surface area contributed by atoms with Crippen LogP contribution in [0.5, 0.6) is 0 Å². The van der Waals surface area contributed by atoms with E-state index in [4.69, 9.17) is 0 Å². The predicted octanol–water partition coefficient (Wildman–Crippen LogP) is 4.61. The van der Waals surface area contributed by atoms with Crippen LogP contribution in [0.15, 0.2) is 35.3 Å². The van der Waals surface area contributed by atoms with Gasteiger partial charge in [-0.25, -0.2) is 4.39 Å². The van der Waals surface area contributed by atoms with Crippen molar-refractivity contribution in [2.45, 2.75) is 37.8 Å². The predicted molar refractivity (Wildman–Crippen MR) is 83.1 cm³/mol. The summed E-state index contributed by atoms with van der Waals surface area (Å²) in [6, 6.07) is 4.48. The fourth-order valence-electron chi connectivity index (χ4n) is 3.37. The van der Waals surface area contributed by atoms with Crippen molar-refractivity contribution in [3.05, 3.63) is 57.8 Å². The largest absolute Gasteiger partial charge is 0.402 e. The molecule has 0 fully saturated rings. The first-order valence-corrected chi connectivity index (χ1v) is 7.67. The minimum absolute atomic E-state index is 0.106. The van der Waals surface area contributed by atoms with E-state index in [-0.39, 0.29) is 28.9 Å². The molecule has 128 valence electrons. The van der Waals surface area contributed by atoms with Crippen molar-refractivity contribution in [2.24, 2.45) is 0 Å². The van der Waals surface area contributed by atoms with Gasteiger partial charge in [-0.05, 0) is 36.2 Å². The fraction of sp³-hybridized carbons (Fsp3) is 0.353. The van der Waals surface area contributed by atoms with Crippen LogP contribution >= 0.6 is 0 Å². The van der Waals surface area contributed by atoms with Gasteiger partial charge in [-0.3, -0.25) is 4.79 Å². The topological polar surface area (TPSA) is 44.9 Å². The van der Waals surface area contributed by atoms with Crippen molar-refractivity contribution >= 4 is 11.4 Å². The lowest BCUT2D eigenvalue weighted by Crippen LogP contribution is -2.47. The third kappa shape index (κ3) is 2.30. The van der Waals surface area contributed by atoms with Crippen molar-refractivity contribution in [1.29, 1.82) is 0 Å². The van der Waals surface area contributed by atoms with E-state index in [9.17, 15) is 22.4 Å². The molecule has 0 radical (unpaired) electrons. The zero-order valence-electron chi connectivity index (χ0n) is 12.9. The highest BCUT2D eigenvalue weighted by Gasteiger charge is 2.60. The van der Waals surface area contributed by atoms with Gasteiger partial charge in [-0.15, -0.1) is 0 Å². The van der Waals surface area contributed by atoms with E-state index >= 15 is 0 Å². The highest BCUT2D eigenvalue weighted by molar-refractivity contribution is 5.75. The number of hydrogen-bond donors (Lipinski definition) is 2. The van der Waals surface area contributed by atoms with E-state index in [2.05, 4.69) is 10.3 Å². The summed E-state index contributed by atoms with van der Waals surface area (Å²) in [7, 11) is 0. The number of anilines is 2. The molecule has 1 unspecified atom stereocenters. The average molecular weight is 340 g/mol. The molecule has 0 spiro atoms. The maximum absolute atomic E-state index is 14.3. The summed E-state index contributed by atoms with van der Waals surface area (Å²) >= 11 is 0. The zero-order valence-corrected chi connectivity index (χ0v) is 12.9. The van der Waals surface area contributed by atoms with Crippen LogP contribution in [-0.4, -0.2) is 11.2 Å². The minimum Gasteiger partial charge on any atom is -0.351 e. The molecular formula is C17H16F4N2O. The monoisotopic (exact) mass is 340 g/mol. The zero-order chi connectivity index (χ0) is 17.5. The number of aromatic nitrogens is 1. The maximum atomic E-state index is 14.3.